The molecule has 0 spiro atoms. The van der Waals surface area contributed by atoms with Gasteiger partial charge in [-0.3, -0.25) is 0 Å². The standard InChI is InChI=1S/C11H22N4O2/c1-14(9-10-8-12-3-7-17-10)5-6-15-4-2-13-11(15)16/h10,12H,2-9H2,1H3,(H,13,16). The van der Waals surface area contributed by atoms with E-state index in [9.17, 15) is 4.79 Å². The highest BCUT2D eigenvalue weighted by Gasteiger charge is 2.20. The van der Waals surface area contributed by atoms with Crippen LogP contribution in [0.15, 0.2) is 0 Å². The van der Waals surface area contributed by atoms with Crippen LogP contribution < -0.4 is 10.6 Å². The number of morpholine rings is 1. The third-order valence-electron chi connectivity index (χ3n) is 3.22. The van der Waals surface area contributed by atoms with Gasteiger partial charge in [0.25, 0.3) is 0 Å². The van der Waals surface area contributed by atoms with Crippen molar-refractivity contribution in [2.24, 2.45) is 0 Å². The highest BCUT2D eigenvalue weighted by molar-refractivity contribution is 5.76. The highest BCUT2D eigenvalue weighted by Crippen LogP contribution is 2.00. The fourth-order valence-corrected chi connectivity index (χ4v) is 2.19. The van der Waals surface area contributed by atoms with Crippen LogP contribution in [0.1, 0.15) is 0 Å². The molecule has 2 rings (SSSR count). The number of hydrogen-bond donors (Lipinski definition) is 2. The summed E-state index contributed by atoms with van der Waals surface area (Å²) in [5, 5.41) is 6.13. The van der Waals surface area contributed by atoms with Gasteiger partial charge in [-0.1, -0.05) is 0 Å². The van der Waals surface area contributed by atoms with Crippen LogP contribution >= 0.6 is 0 Å². The monoisotopic (exact) mass is 242 g/mol. The van der Waals surface area contributed by atoms with Gasteiger partial charge in [-0.05, 0) is 7.05 Å². The number of likely N-dealkylation sites (N-methyl/N-ethyl adjacent to an activating group) is 1. The van der Waals surface area contributed by atoms with Gasteiger partial charge in [0.05, 0.1) is 12.7 Å². The molecule has 2 fully saturated rings. The largest absolute Gasteiger partial charge is 0.374 e. The minimum atomic E-state index is 0.0639. The minimum Gasteiger partial charge on any atom is -0.374 e. The number of amides is 2. The molecule has 0 aromatic rings. The average molecular weight is 242 g/mol. The first-order chi connectivity index (χ1) is 8.25. The molecule has 0 aromatic carbocycles. The lowest BCUT2D eigenvalue weighted by Crippen LogP contribution is -2.45. The predicted octanol–water partition coefficient (Wildman–Crippen LogP) is -1.07. The third-order valence-corrected chi connectivity index (χ3v) is 3.22. The molecule has 17 heavy (non-hydrogen) atoms. The molecule has 6 heteroatoms. The normalized spacial score (nSPS) is 25.4. The van der Waals surface area contributed by atoms with Gasteiger partial charge >= 0.3 is 6.03 Å². The molecule has 0 aromatic heterocycles. The van der Waals surface area contributed by atoms with E-state index in [-0.39, 0.29) is 12.1 Å². The zero-order valence-corrected chi connectivity index (χ0v) is 10.4. The van der Waals surface area contributed by atoms with Crippen LogP contribution in [-0.2, 0) is 4.74 Å². The Morgan fingerprint density at radius 3 is 3.06 bits per heavy atom. The number of nitrogens with one attached hydrogen (secondary N) is 2. The Morgan fingerprint density at radius 1 is 1.53 bits per heavy atom. The van der Waals surface area contributed by atoms with Crippen molar-refractivity contribution >= 4 is 6.03 Å². The lowest BCUT2D eigenvalue weighted by atomic mass is 10.3. The summed E-state index contributed by atoms with van der Waals surface area (Å²) in [6, 6.07) is 0.0639. The second kappa shape index (κ2) is 6.18. The Morgan fingerprint density at radius 2 is 2.41 bits per heavy atom. The van der Waals surface area contributed by atoms with Crippen molar-refractivity contribution in [3.8, 4) is 0 Å². The van der Waals surface area contributed by atoms with Crippen LogP contribution in [0.3, 0.4) is 0 Å². The van der Waals surface area contributed by atoms with Crippen LogP contribution in [0.5, 0.6) is 0 Å². The van der Waals surface area contributed by atoms with Crippen molar-refractivity contribution in [3.05, 3.63) is 0 Å². The number of carbonyl (C=O) groups is 1. The van der Waals surface area contributed by atoms with E-state index in [1.54, 1.807) is 0 Å². The maximum Gasteiger partial charge on any atom is 0.317 e. The first-order valence-corrected chi connectivity index (χ1v) is 6.29. The summed E-state index contributed by atoms with van der Waals surface area (Å²) in [6.07, 6.45) is 0.279. The molecule has 2 N–H and O–H groups in total. The van der Waals surface area contributed by atoms with Gasteiger partial charge in [0.1, 0.15) is 0 Å². The van der Waals surface area contributed by atoms with Gasteiger partial charge in [0, 0.05) is 45.8 Å². The van der Waals surface area contributed by atoms with E-state index >= 15 is 0 Å². The topological polar surface area (TPSA) is 56.8 Å². The quantitative estimate of drug-likeness (QED) is 0.645. The van der Waals surface area contributed by atoms with Crippen molar-refractivity contribution in [2.45, 2.75) is 6.10 Å². The third kappa shape index (κ3) is 3.83. The Labute approximate surface area is 102 Å². The number of nitrogens with zero attached hydrogens (tertiary/aromatic N) is 2. The molecule has 0 saturated carbocycles. The Bertz CT molecular complexity index is 256. The lowest BCUT2D eigenvalue weighted by Gasteiger charge is -2.28. The lowest BCUT2D eigenvalue weighted by molar-refractivity contribution is 0.00949. The van der Waals surface area contributed by atoms with Crippen LogP contribution in [-0.4, -0.2) is 81.4 Å². The highest BCUT2D eigenvalue weighted by atomic mass is 16.5. The molecular formula is C11H22N4O2. The van der Waals surface area contributed by atoms with E-state index in [1.165, 1.54) is 0 Å². The van der Waals surface area contributed by atoms with Crippen molar-refractivity contribution in [1.82, 2.24) is 20.4 Å². The van der Waals surface area contributed by atoms with E-state index in [4.69, 9.17) is 4.74 Å². The van der Waals surface area contributed by atoms with Crippen molar-refractivity contribution < 1.29 is 9.53 Å². The van der Waals surface area contributed by atoms with Crippen LogP contribution in [0.4, 0.5) is 4.79 Å². The molecule has 2 heterocycles. The predicted molar refractivity (Wildman–Crippen MR) is 65.1 cm³/mol. The Kier molecular flexibility index (Phi) is 4.58. The molecule has 1 unspecified atom stereocenters. The SMILES string of the molecule is CN(CCN1CCNC1=O)CC1CNCCO1. The van der Waals surface area contributed by atoms with Crippen LogP contribution in [0.25, 0.3) is 0 Å². The van der Waals surface area contributed by atoms with Gasteiger partial charge in [-0.15, -0.1) is 0 Å². The van der Waals surface area contributed by atoms with E-state index in [0.717, 1.165) is 52.4 Å². The first kappa shape index (κ1) is 12.6. The van der Waals surface area contributed by atoms with E-state index < -0.39 is 0 Å². The summed E-state index contributed by atoms with van der Waals surface area (Å²) in [5.41, 5.74) is 0. The summed E-state index contributed by atoms with van der Waals surface area (Å²) in [5.74, 6) is 0. The molecule has 2 aliphatic rings. The maximum atomic E-state index is 11.3. The van der Waals surface area contributed by atoms with E-state index in [2.05, 4.69) is 22.6 Å². The summed E-state index contributed by atoms with van der Waals surface area (Å²) in [4.78, 5) is 15.4. The number of rotatable bonds is 5. The van der Waals surface area contributed by atoms with Gasteiger partial charge in [0.2, 0.25) is 0 Å². The van der Waals surface area contributed by atoms with Crippen molar-refractivity contribution in [3.63, 3.8) is 0 Å². The first-order valence-electron chi connectivity index (χ1n) is 6.29. The van der Waals surface area contributed by atoms with Gasteiger partial charge in [-0.25, -0.2) is 4.79 Å². The molecule has 0 aliphatic carbocycles. The zero-order valence-electron chi connectivity index (χ0n) is 10.4. The summed E-state index contributed by atoms with van der Waals surface area (Å²) in [6.45, 7) is 6.89. The fraction of sp³-hybridized carbons (Fsp3) is 0.909. The van der Waals surface area contributed by atoms with Gasteiger partial charge in [0.15, 0.2) is 0 Å². The summed E-state index contributed by atoms with van der Waals surface area (Å²) >= 11 is 0. The molecule has 2 aliphatic heterocycles. The molecule has 0 radical (unpaired) electrons. The average Bonchev–Trinajstić information content (AvgIpc) is 2.74. The molecule has 98 valence electrons. The Hall–Kier alpha value is -0.850. The molecule has 6 nitrogen and oxygen atoms in total. The molecule has 2 amide bonds. The van der Waals surface area contributed by atoms with Crippen LogP contribution in [0.2, 0.25) is 0 Å². The van der Waals surface area contributed by atoms with Gasteiger partial charge < -0.3 is 25.2 Å². The van der Waals surface area contributed by atoms with Gasteiger partial charge in [-0.2, -0.15) is 0 Å². The number of carbonyl (C=O) groups excluding carboxylic acids is 1. The second-order valence-corrected chi connectivity index (χ2v) is 4.68. The number of urea groups is 1. The van der Waals surface area contributed by atoms with Crippen molar-refractivity contribution in [2.75, 3.05) is 59.5 Å². The van der Waals surface area contributed by atoms with Crippen LogP contribution in [0, 0.1) is 0 Å². The molecular weight excluding hydrogens is 220 g/mol. The zero-order chi connectivity index (χ0) is 12.1. The minimum absolute atomic E-state index is 0.0639. The summed E-state index contributed by atoms with van der Waals surface area (Å²) in [7, 11) is 2.08. The fourth-order valence-electron chi connectivity index (χ4n) is 2.19. The maximum absolute atomic E-state index is 11.3. The molecule has 2 saturated heterocycles. The van der Waals surface area contributed by atoms with E-state index in [0.29, 0.717) is 0 Å². The number of ether oxygens (including phenoxy) is 1. The smallest absolute Gasteiger partial charge is 0.317 e. The summed E-state index contributed by atoms with van der Waals surface area (Å²) < 4.78 is 5.64. The Balaban J connectivity index is 1.62. The molecule has 1 atom stereocenters. The molecule has 0 bridgehead atoms. The van der Waals surface area contributed by atoms with E-state index in [1.807, 2.05) is 4.90 Å². The second-order valence-electron chi connectivity index (χ2n) is 4.68. The van der Waals surface area contributed by atoms with Crippen molar-refractivity contribution in [1.29, 1.82) is 0 Å². The number of hydrogen-bond acceptors (Lipinski definition) is 4.